The lowest BCUT2D eigenvalue weighted by atomic mass is 9.94. The molecule has 3 heterocycles. The fraction of sp³-hybridized carbons (Fsp3) is 0.200. The van der Waals surface area contributed by atoms with Crippen molar-refractivity contribution in [3.8, 4) is 0 Å². The number of hydrogen-bond donors (Lipinski definition) is 1. The van der Waals surface area contributed by atoms with Crippen LogP contribution in [0.5, 0.6) is 0 Å². The van der Waals surface area contributed by atoms with E-state index in [1.165, 1.54) is 0 Å². The van der Waals surface area contributed by atoms with E-state index in [2.05, 4.69) is 15.9 Å². The van der Waals surface area contributed by atoms with Gasteiger partial charge in [0, 0.05) is 46.1 Å². The number of hydrogen-bond acceptors (Lipinski definition) is 4. The van der Waals surface area contributed by atoms with Crippen LogP contribution in [0.15, 0.2) is 74.9 Å². The maximum absolute atomic E-state index is 13.6. The van der Waals surface area contributed by atoms with Crippen LogP contribution in [0.4, 0.5) is 0 Å². The summed E-state index contributed by atoms with van der Waals surface area (Å²) < 4.78 is 8.64. The number of nitrogens with zero attached hydrogens (tertiary/aromatic N) is 2. The molecule has 1 atom stereocenters. The summed E-state index contributed by atoms with van der Waals surface area (Å²) in [5.41, 5.74) is 2.40. The largest absolute Gasteiger partial charge is 0.503 e. The van der Waals surface area contributed by atoms with Gasteiger partial charge >= 0.3 is 0 Å². The van der Waals surface area contributed by atoms with Gasteiger partial charge in [-0.05, 0) is 36.8 Å². The lowest BCUT2D eigenvalue weighted by molar-refractivity contribution is -0.129. The molecule has 6 nitrogen and oxygen atoms in total. The smallest absolute Gasteiger partial charge is 0.290 e. The van der Waals surface area contributed by atoms with Crippen molar-refractivity contribution in [1.29, 1.82) is 0 Å². The molecule has 0 fully saturated rings. The molecule has 0 aliphatic carbocycles. The molecule has 0 saturated carbocycles. The fourth-order valence-electron chi connectivity index (χ4n) is 4.53. The third-order valence-corrected chi connectivity index (χ3v) is 6.43. The van der Waals surface area contributed by atoms with Crippen LogP contribution in [0, 0.1) is 0 Å². The molecule has 2 aromatic heterocycles. The lowest BCUT2D eigenvalue weighted by Crippen LogP contribution is -2.31. The highest BCUT2D eigenvalue weighted by Crippen LogP contribution is 2.42. The monoisotopic (exact) mass is 492 g/mol. The van der Waals surface area contributed by atoms with Gasteiger partial charge < -0.3 is 19.0 Å². The van der Waals surface area contributed by atoms with Gasteiger partial charge in [0.25, 0.3) is 5.91 Å². The van der Waals surface area contributed by atoms with Crippen molar-refractivity contribution in [2.45, 2.75) is 19.4 Å². The van der Waals surface area contributed by atoms with E-state index in [-0.39, 0.29) is 11.3 Å². The van der Waals surface area contributed by atoms with Crippen LogP contribution in [0.2, 0.25) is 0 Å². The van der Waals surface area contributed by atoms with Crippen LogP contribution in [0.1, 0.15) is 35.5 Å². The summed E-state index contributed by atoms with van der Waals surface area (Å²) in [6.07, 6.45) is 2.62. The molecule has 0 saturated heterocycles. The Kier molecular flexibility index (Phi) is 4.93. The number of aliphatic hydroxyl groups is 1. The number of carbonyl (C=O) groups excluding carboxylic acids is 2. The zero-order valence-electron chi connectivity index (χ0n) is 17.6. The SMILES string of the molecule is CCCN1C(=O)C(O)=C(C(=O)c2cc3cc(Br)ccc3o2)C1c1cn(C)c2ccccc12. The topological polar surface area (TPSA) is 75.7 Å². The predicted molar refractivity (Wildman–Crippen MR) is 126 cm³/mol. The lowest BCUT2D eigenvalue weighted by Gasteiger charge is -2.25. The molecule has 1 amide bonds. The number of carbonyl (C=O) groups is 2. The number of fused-ring (bicyclic) bond motifs is 2. The second-order valence-corrected chi connectivity index (χ2v) is 8.91. The van der Waals surface area contributed by atoms with Crippen LogP contribution >= 0.6 is 15.9 Å². The summed E-state index contributed by atoms with van der Waals surface area (Å²) >= 11 is 3.42. The molecule has 1 unspecified atom stereocenters. The quantitative estimate of drug-likeness (QED) is 0.364. The Labute approximate surface area is 192 Å². The maximum atomic E-state index is 13.6. The van der Waals surface area contributed by atoms with Crippen molar-refractivity contribution in [1.82, 2.24) is 9.47 Å². The van der Waals surface area contributed by atoms with E-state index in [9.17, 15) is 14.7 Å². The van der Waals surface area contributed by atoms with Crippen molar-refractivity contribution >= 4 is 49.5 Å². The molecule has 162 valence electrons. The number of ketones is 1. The van der Waals surface area contributed by atoms with E-state index < -0.39 is 23.5 Å². The minimum absolute atomic E-state index is 0.0536. The van der Waals surface area contributed by atoms with Gasteiger partial charge in [-0.25, -0.2) is 0 Å². The highest BCUT2D eigenvalue weighted by Gasteiger charge is 2.45. The van der Waals surface area contributed by atoms with Crippen molar-refractivity contribution in [2.75, 3.05) is 6.54 Å². The van der Waals surface area contributed by atoms with Gasteiger partial charge in [-0.15, -0.1) is 0 Å². The Bertz CT molecular complexity index is 1430. The molecule has 5 rings (SSSR count). The zero-order valence-corrected chi connectivity index (χ0v) is 19.2. The van der Waals surface area contributed by atoms with Crippen LogP contribution in [0.25, 0.3) is 21.9 Å². The van der Waals surface area contributed by atoms with Crippen molar-refractivity contribution in [3.05, 3.63) is 81.9 Å². The Morgan fingerprint density at radius 2 is 1.97 bits per heavy atom. The maximum Gasteiger partial charge on any atom is 0.290 e. The standard InChI is InChI=1S/C25H21BrN2O4/c1-3-10-28-22(17-13-27(2)18-7-5-4-6-16(17)18)21(24(30)25(28)31)23(29)20-12-14-11-15(26)8-9-19(14)32-20/h4-9,11-13,22,30H,3,10H2,1-2H3. The van der Waals surface area contributed by atoms with Gasteiger partial charge in [0.15, 0.2) is 11.5 Å². The van der Waals surface area contributed by atoms with E-state index in [1.54, 1.807) is 17.0 Å². The molecule has 32 heavy (non-hydrogen) atoms. The minimum Gasteiger partial charge on any atom is -0.503 e. The Hall–Kier alpha value is -3.32. The Morgan fingerprint density at radius 1 is 1.19 bits per heavy atom. The first-order valence-electron chi connectivity index (χ1n) is 10.4. The first-order chi connectivity index (χ1) is 15.4. The summed E-state index contributed by atoms with van der Waals surface area (Å²) in [6.45, 7) is 2.38. The second-order valence-electron chi connectivity index (χ2n) is 8.00. The molecule has 0 radical (unpaired) electrons. The fourth-order valence-corrected chi connectivity index (χ4v) is 4.91. The third kappa shape index (κ3) is 3.07. The summed E-state index contributed by atoms with van der Waals surface area (Å²) in [7, 11) is 1.93. The normalized spacial score (nSPS) is 16.7. The molecule has 1 aliphatic heterocycles. The number of halogens is 1. The second kappa shape index (κ2) is 7.67. The molecule has 1 aliphatic rings. The number of benzene rings is 2. The number of aliphatic hydroxyl groups excluding tert-OH is 1. The summed E-state index contributed by atoms with van der Waals surface area (Å²) in [5, 5.41) is 12.5. The minimum atomic E-state index is -0.694. The van der Waals surface area contributed by atoms with Crippen molar-refractivity contribution in [2.24, 2.45) is 7.05 Å². The van der Waals surface area contributed by atoms with E-state index in [0.717, 1.165) is 26.3 Å². The van der Waals surface area contributed by atoms with Gasteiger partial charge in [-0.2, -0.15) is 0 Å². The number of aryl methyl sites for hydroxylation is 1. The molecule has 0 bridgehead atoms. The average molecular weight is 493 g/mol. The van der Waals surface area contributed by atoms with E-state index >= 15 is 0 Å². The molecular formula is C25H21BrN2O4. The first-order valence-corrected chi connectivity index (χ1v) is 11.2. The molecule has 7 heteroatoms. The van der Waals surface area contributed by atoms with Gasteiger partial charge in [0.2, 0.25) is 5.78 Å². The zero-order chi connectivity index (χ0) is 22.6. The average Bonchev–Trinajstić information content (AvgIpc) is 3.42. The van der Waals surface area contributed by atoms with Gasteiger partial charge in [-0.1, -0.05) is 41.1 Å². The van der Waals surface area contributed by atoms with Gasteiger partial charge in [-0.3, -0.25) is 9.59 Å². The van der Waals surface area contributed by atoms with Crippen LogP contribution < -0.4 is 0 Å². The summed E-state index contributed by atoms with van der Waals surface area (Å²) in [4.78, 5) is 28.2. The van der Waals surface area contributed by atoms with Crippen LogP contribution in [0.3, 0.4) is 0 Å². The van der Waals surface area contributed by atoms with Crippen LogP contribution in [-0.2, 0) is 11.8 Å². The van der Waals surface area contributed by atoms with Gasteiger partial charge in [0.1, 0.15) is 5.58 Å². The number of Topliss-reactive ketones (excluding diaryl/α,β-unsaturated/α-hetero) is 1. The number of amides is 1. The Morgan fingerprint density at radius 3 is 2.75 bits per heavy atom. The highest BCUT2D eigenvalue weighted by molar-refractivity contribution is 9.10. The molecule has 1 N–H and O–H groups in total. The van der Waals surface area contributed by atoms with E-state index in [4.69, 9.17) is 4.42 Å². The number of furan rings is 1. The van der Waals surface area contributed by atoms with Crippen molar-refractivity contribution < 1.29 is 19.1 Å². The number of para-hydroxylation sites is 1. The predicted octanol–water partition coefficient (Wildman–Crippen LogP) is 5.68. The molecule has 0 spiro atoms. The molecule has 2 aromatic carbocycles. The van der Waals surface area contributed by atoms with E-state index in [0.29, 0.717) is 18.5 Å². The summed E-state index contributed by atoms with van der Waals surface area (Å²) in [5.74, 6) is -1.44. The molecule has 4 aromatic rings. The molecular weight excluding hydrogens is 472 g/mol. The number of rotatable bonds is 5. The summed E-state index contributed by atoms with van der Waals surface area (Å²) in [6, 6.07) is 14.2. The highest BCUT2D eigenvalue weighted by atomic mass is 79.9. The van der Waals surface area contributed by atoms with Crippen molar-refractivity contribution in [3.63, 3.8) is 0 Å². The van der Waals surface area contributed by atoms with E-state index in [1.807, 2.05) is 61.1 Å². The van der Waals surface area contributed by atoms with Crippen LogP contribution in [-0.4, -0.2) is 32.8 Å². The first kappa shape index (κ1) is 20.6. The number of aromatic nitrogens is 1. The Balaban J connectivity index is 1.68. The third-order valence-electron chi connectivity index (χ3n) is 5.94. The van der Waals surface area contributed by atoms with Gasteiger partial charge in [0.05, 0.1) is 11.6 Å².